The van der Waals surface area contributed by atoms with E-state index in [0.29, 0.717) is 47.6 Å². The highest BCUT2D eigenvalue weighted by Gasteiger charge is 2.39. The van der Waals surface area contributed by atoms with Crippen molar-refractivity contribution in [1.29, 1.82) is 5.26 Å². The van der Waals surface area contributed by atoms with E-state index < -0.39 is 29.6 Å². The van der Waals surface area contributed by atoms with Crippen molar-refractivity contribution in [3.63, 3.8) is 0 Å². The molecule has 0 saturated heterocycles. The molecule has 2 aliphatic carbocycles. The van der Waals surface area contributed by atoms with E-state index in [1.54, 1.807) is 18.2 Å². The lowest BCUT2D eigenvalue weighted by atomic mass is 9.83. The van der Waals surface area contributed by atoms with Crippen LogP contribution in [0.5, 0.6) is 0 Å². The van der Waals surface area contributed by atoms with Crippen molar-refractivity contribution in [1.82, 2.24) is 10.1 Å². The Hall–Kier alpha value is -3.33. The molecule has 2 aliphatic rings. The fraction of sp³-hybridized carbons (Fsp3) is 0.414. The van der Waals surface area contributed by atoms with Gasteiger partial charge in [0.05, 0.1) is 34.6 Å². The van der Waals surface area contributed by atoms with Gasteiger partial charge in [0.15, 0.2) is 0 Å². The molecule has 0 aliphatic heterocycles. The van der Waals surface area contributed by atoms with Crippen LogP contribution in [0.3, 0.4) is 0 Å². The summed E-state index contributed by atoms with van der Waals surface area (Å²) in [6.45, 7) is -0.0217. The fourth-order valence-electron chi connectivity index (χ4n) is 5.39. The third kappa shape index (κ3) is 5.00. The van der Waals surface area contributed by atoms with Gasteiger partial charge in [0.1, 0.15) is 22.1 Å². The zero-order valence-electron chi connectivity index (χ0n) is 21.2. The summed E-state index contributed by atoms with van der Waals surface area (Å²) in [6, 6.07) is 10.8. The van der Waals surface area contributed by atoms with Crippen LogP contribution in [0.2, 0.25) is 0 Å². The van der Waals surface area contributed by atoms with Crippen LogP contribution in [-0.2, 0) is 16.9 Å². The highest BCUT2D eigenvalue weighted by atomic mass is 32.1. The number of nitrogens with zero attached hydrogens (tertiary/aromatic N) is 3. The number of rotatable bonds is 8. The number of hydrogen-bond acceptors (Lipinski definition) is 7. The van der Waals surface area contributed by atoms with Crippen molar-refractivity contribution in [3.8, 4) is 17.3 Å². The summed E-state index contributed by atoms with van der Waals surface area (Å²) in [4.78, 5) is 4.60. The number of aliphatic hydroxyl groups is 1. The maximum Gasteiger partial charge on any atom is 0.264 e. The summed E-state index contributed by atoms with van der Waals surface area (Å²) < 4.78 is 68.1. The number of halogens is 4. The minimum absolute atomic E-state index is 0.0216. The molecular weight excluding hydrogens is 546 g/mol. The minimum atomic E-state index is -2.96. The molecule has 0 radical (unpaired) electrons. The van der Waals surface area contributed by atoms with Gasteiger partial charge in [0.25, 0.3) is 12.9 Å². The lowest BCUT2D eigenvalue weighted by molar-refractivity contribution is -0.0640. The van der Waals surface area contributed by atoms with Crippen LogP contribution in [-0.4, -0.2) is 21.4 Å². The predicted molar refractivity (Wildman–Crippen MR) is 139 cm³/mol. The van der Waals surface area contributed by atoms with Gasteiger partial charge in [0.2, 0.25) is 0 Å². The monoisotopic (exact) mass is 571 g/mol. The van der Waals surface area contributed by atoms with Crippen LogP contribution in [0.25, 0.3) is 21.5 Å². The van der Waals surface area contributed by atoms with Crippen LogP contribution in [0.15, 0.2) is 40.9 Å². The summed E-state index contributed by atoms with van der Waals surface area (Å²) in [5.41, 5.74) is -0.793. The Labute approximate surface area is 231 Å². The molecule has 40 heavy (non-hydrogen) atoms. The minimum Gasteiger partial charge on any atom is -0.383 e. The molecule has 4 aromatic rings. The smallest absolute Gasteiger partial charge is 0.264 e. The Morgan fingerprint density at radius 1 is 1.07 bits per heavy atom. The van der Waals surface area contributed by atoms with Gasteiger partial charge < -0.3 is 14.4 Å². The van der Waals surface area contributed by atoms with E-state index >= 15 is 0 Å². The molecule has 2 saturated carbocycles. The summed E-state index contributed by atoms with van der Waals surface area (Å²) in [7, 11) is 0. The Balaban J connectivity index is 1.21. The first-order chi connectivity index (χ1) is 19.3. The molecule has 2 heterocycles. The number of hydrogen-bond donors (Lipinski definition) is 1. The molecule has 2 aromatic carbocycles. The average Bonchev–Trinajstić information content (AvgIpc) is 3.56. The normalized spacial score (nSPS) is 21.4. The largest absolute Gasteiger partial charge is 0.383 e. The molecule has 0 spiro atoms. The number of aromatic nitrogens is 2. The topological polar surface area (TPSA) is 92.2 Å². The quantitative estimate of drug-likeness (QED) is 0.216. The van der Waals surface area contributed by atoms with Crippen molar-refractivity contribution in [2.45, 2.75) is 75.6 Å². The van der Waals surface area contributed by atoms with E-state index in [1.165, 1.54) is 17.4 Å². The first kappa shape index (κ1) is 26.9. The zero-order valence-corrected chi connectivity index (χ0v) is 22.1. The van der Waals surface area contributed by atoms with Gasteiger partial charge in [-0.3, -0.25) is 0 Å². The highest BCUT2D eigenvalue weighted by Crippen LogP contribution is 2.47. The third-order valence-corrected chi connectivity index (χ3v) is 8.95. The fourth-order valence-corrected chi connectivity index (χ4v) is 6.54. The van der Waals surface area contributed by atoms with E-state index in [1.807, 2.05) is 0 Å². The number of benzene rings is 2. The van der Waals surface area contributed by atoms with Crippen LogP contribution < -0.4 is 0 Å². The molecule has 11 heteroatoms. The Kier molecular flexibility index (Phi) is 7.10. The molecule has 208 valence electrons. The predicted octanol–water partition coefficient (Wildman–Crippen LogP) is 7.92. The molecular formula is C29H25F4N3O3S. The first-order valence-electron chi connectivity index (χ1n) is 13.1. The van der Waals surface area contributed by atoms with E-state index in [4.69, 9.17) is 14.5 Å². The summed E-state index contributed by atoms with van der Waals surface area (Å²) >= 11 is 1.37. The third-order valence-electron chi connectivity index (χ3n) is 7.74. The molecule has 0 unspecified atom stereocenters. The molecule has 2 fully saturated rings. The van der Waals surface area contributed by atoms with E-state index in [0.717, 1.165) is 35.2 Å². The molecule has 6 nitrogen and oxygen atoms in total. The average molecular weight is 572 g/mol. The maximum absolute atomic E-state index is 13.9. The number of thiazole rings is 1. The Morgan fingerprint density at radius 3 is 2.40 bits per heavy atom. The van der Waals surface area contributed by atoms with Gasteiger partial charge in [-0.1, -0.05) is 23.4 Å². The van der Waals surface area contributed by atoms with Crippen molar-refractivity contribution >= 4 is 21.6 Å². The van der Waals surface area contributed by atoms with Gasteiger partial charge in [-0.25, -0.2) is 22.5 Å². The molecule has 0 amide bonds. The summed E-state index contributed by atoms with van der Waals surface area (Å²) in [5, 5.41) is 25.1. The van der Waals surface area contributed by atoms with Gasteiger partial charge in [-0.05, 0) is 56.7 Å². The van der Waals surface area contributed by atoms with Gasteiger partial charge in [-0.15, -0.1) is 11.3 Å². The number of nitriles is 1. The maximum atomic E-state index is 13.9. The standard InChI is InChI=1S/C29H25F4N3O3S/c30-26(31)18-2-1-3-19(27(32)33)23(18)24-20(25(39-36-24)16-5-6-16)14-38-17-8-10-29(37,11-9-17)28-35-21-7-4-15(13-34)12-22(21)40-28/h1-4,7,12,16-17,26-27,37H,5-6,8-11,14H2. The van der Waals surface area contributed by atoms with Gasteiger partial charge in [-0.2, -0.15) is 5.26 Å². The number of alkyl halides is 4. The van der Waals surface area contributed by atoms with E-state index in [9.17, 15) is 22.7 Å². The number of fused-ring (bicyclic) bond motifs is 1. The Morgan fingerprint density at radius 2 is 1.77 bits per heavy atom. The lowest BCUT2D eigenvalue weighted by Crippen LogP contribution is -2.34. The summed E-state index contributed by atoms with van der Waals surface area (Å²) in [5.74, 6) is 0.559. The van der Waals surface area contributed by atoms with E-state index in [2.05, 4.69) is 16.2 Å². The number of ether oxygens (including phenoxy) is 1. The van der Waals surface area contributed by atoms with Crippen LogP contribution in [0.4, 0.5) is 17.6 Å². The molecule has 2 aromatic heterocycles. The van der Waals surface area contributed by atoms with E-state index in [-0.39, 0.29) is 29.9 Å². The van der Waals surface area contributed by atoms with Crippen molar-refractivity contribution < 1.29 is 31.9 Å². The zero-order chi connectivity index (χ0) is 28.0. The van der Waals surface area contributed by atoms with Gasteiger partial charge in [0, 0.05) is 28.2 Å². The molecule has 0 atom stereocenters. The van der Waals surface area contributed by atoms with Crippen molar-refractivity contribution in [3.05, 3.63) is 69.4 Å². The van der Waals surface area contributed by atoms with Crippen molar-refractivity contribution in [2.24, 2.45) is 0 Å². The van der Waals surface area contributed by atoms with Crippen LogP contribution in [0.1, 0.15) is 90.3 Å². The highest BCUT2D eigenvalue weighted by molar-refractivity contribution is 7.18. The molecule has 0 bridgehead atoms. The molecule has 6 rings (SSSR count). The first-order valence-corrected chi connectivity index (χ1v) is 13.9. The Bertz CT molecular complexity index is 1560. The van der Waals surface area contributed by atoms with Crippen LogP contribution >= 0.6 is 11.3 Å². The summed E-state index contributed by atoms with van der Waals surface area (Å²) in [6.07, 6.45) is -2.65. The lowest BCUT2D eigenvalue weighted by Gasteiger charge is -2.34. The second-order valence-corrected chi connectivity index (χ2v) is 11.4. The van der Waals surface area contributed by atoms with Crippen molar-refractivity contribution in [2.75, 3.05) is 0 Å². The molecule has 1 N–H and O–H groups in total. The second-order valence-electron chi connectivity index (χ2n) is 10.4. The van der Waals surface area contributed by atoms with Crippen LogP contribution in [0, 0.1) is 11.3 Å². The van der Waals surface area contributed by atoms with Gasteiger partial charge >= 0.3 is 0 Å². The SMILES string of the molecule is N#Cc1ccc2nc(C3(O)CCC(OCc4c(-c5c(C(F)F)cccc5C(F)F)noc4C4CC4)CC3)sc2c1. The second kappa shape index (κ2) is 10.6.